The summed E-state index contributed by atoms with van der Waals surface area (Å²) in [7, 11) is 0. The minimum Gasteiger partial charge on any atom is -0.346 e. The molecule has 106 valence electrons. The minimum atomic E-state index is -0.0733. The first-order valence-corrected chi connectivity index (χ1v) is 8.17. The molecule has 1 amide bonds. The van der Waals surface area contributed by atoms with Crippen molar-refractivity contribution in [2.75, 3.05) is 0 Å². The molecule has 3 heterocycles. The van der Waals surface area contributed by atoms with Gasteiger partial charge in [0, 0.05) is 12.4 Å². The Morgan fingerprint density at radius 2 is 2.14 bits per heavy atom. The number of aryl methyl sites for hydroxylation is 1. The smallest absolute Gasteiger partial charge is 0.261 e. The molecule has 1 N–H and O–H groups in total. The lowest BCUT2D eigenvalue weighted by Gasteiger charge is -2.07. The molecule has 4 nitrogen and oxygen atoms in total. The summed E-state index contributed by atoms with van der Waals surface area (Å²) in [6, 6.07) is 5.87. The normalized spacial score (nSPS) is 10.5. The van der Waals surface area contributed by atoms with E-state index in [-0.39, 0.29) is 5.91 Å². The number of thiophene rings is 2. The number of carbonyl (C=O) groups is 1. The Hall–Kier alpha value is -2.05. The molecule has 21 heavy (non-hydrogen) atoms. The maximum Gasteiger partial charge on any atom is 0.261 e. The van der Waals surface area contributed by atoms with Gasteiger partial charge in [-0.3, -0.25) is 14.8 Å². The molecule has 0 spiro atoms. The molecule has 0 unspecified atom stereocenters. The number of hydrogen-bond acceptors (Lipinski definition) is 5. The molecule has 0 radical (unpaired) electrons. The summed E-state index contributed by atoms with van der Waals surface area (Å²) in [5.41, 5.74) is 2.71. The van der Waals surface area contributed by atoms with Gasteiger partial charge in [0.15, 0.2) is 0 Å². The van der Waals surface area contributed by atoms with Crippen LogP contribution in [0.3, 0.4) is 0 Å². The summed E-state index contributed by atoms with van der Waals surface area (Å²) in [6.07, 6.45) is 3.32. The van der Waals surface area contributed by atoms with Crippen LogP contribution in [0.25, 0.3) is 10.6 Å². The third-order valence-corrected chi connectivity index (χ3v) is 4.82. The van der Waals surface area contributed by atoms with E-state index in [0.29, 0.717) is 11.4 Å². The molecule has 6 heteroatoms. The van der Waals surface area contributed by atoms with Crippen LogP contribution in [-0.4, -0.2) is 15.9 Å². The average Bonchev–Trinajstić information content (AvgIpc) is 3.16. The predicted molar refractivity (Wildman–Crippen MR) is 85.6 cm³/mol. The molecular weight excluding hydrogens is 302 g/mol. The number of amides is 1. The highest BCUT2D eigenvalue weighted by atomic mass is 32.1. The van der Waals surface area contributed by atoms with Crippen molar-refractivity contribution < 1.29 is 4.79 Å². The summed E-state index contributed by atoms with van der Waals surface area (Å²) in [5, 5.41) is 6.87. The van der Waals surface area contributed by atoms with Crippen LogP contribution in [-0.2, 0) is 6.54 Å². The van der Waals surface area contributed by atoms with E-state index in [9.17, 15) is 4.79 Å². The standard InChI is InChI=1S/C15H13N3OS2/c1-10-7-13(21-9-10)15(19)18-8-11-14(17-5-4-16-11)12-3-2-6-20-12/h2-7,9H,8H2,1H3,(H,18,19). The third kappa shape index (κ3) is 3.17. The number of aromatic nitrogens is 2. The van der Waals surface area contributed by atoms with Crippen molar-refractivity contribution in [2.24, 2.45) is 0 Å². The van der Waals surface area contributed by atoms with Crippen molar-refractivity contribution in [1.82, 2.24) is 15.3 Å². The Bertz CT molecular complexity index is 750. The van der Waals surface area contributed by atoms with Crippen LogP contribution in [0.2, 0.25) is 0 Å². The van der Waals surface area contributed by atoms with Crippen molar-refractivity contribution in [3.05, 3.63) is 57.5 Å². The van der Waals surface area contributed by atoms with Gasteiger partial charge in [0.25, 0.3) is 5.91 Å². The van der Waals surface area contributed by atoms with E-state index in [2.05, 4.69) is 15.3 Å². The van der Waals surface area contributed by atoms with Gasteiger partial charge in [-0.05, 0) is 35.4 Å². The van der Waals surface area contributed by atoms with Crippen LogP contribution in [0.5, 0.6) is 0 Å². The minimum absolute atomic E-state index is 0.0733. The quantitative estimate of drug-likeness (QED) is 0.801. The summed E-state index contributed by atoms with van der Waals surface area (Å²) >= 11 is 3.06. The number of rotatable bonds is 4. The molecule has 0 fully saturated rings. The van der Waals surface area contributed by atoms with Gasteiger partial charge in [-0.15, -0.1) is 22.7 Å². The fraction of sp³-hybridized carbons (Fsp3) is 0.133. The second-order valence-electron chi connectivity index (χ2n) is 4.50. The number of nitrogens with zero attached hydrogens (tertiary/aromatic N) is 2. The Labute approximate surface area is 130 Å². The van der Waals surface area contributed by atoms with Gasteiger partial charge in [-0.1, -0.05) is 6.07 Å². The van der Waals surface area contributed by atoms with E-state index in [1.807, 2.05) is 35.9 Å². The predicted octanol–water partition coefficient (Wildman–Crippen LogP) is 3.51. The molecule has 3 rings (SSSR count). The molecule has 0 aliphatic rings. The lowest BCUT2D eigenvalue weighted by molar-refractivity contribution is 0.0954. The van der Waals surface area contributed by atoms with E-state index in [0.717, 1.165) is 21.8 Å². The van der Waals surface area contributed by atoms with Gasteiger partial charge in [-0.2, -0.15) is 0 Å². The van der Waals surface area contributed by atoms with Crippen molar-refractivity contribution in [2.45, 2.75) is 13.5 Å². The summed E-state index contributed by atoms with van der Waals surface area (Å²) in [4.78, 5) is 22.6. The molecule has 0 bridgehead atoms. The largest absolute Gasteiger partial charge is 0.346 e. The topological polar surface area (TPSA) is 54.9 Å². The maximum atomic E-state index is 12.1. The number of hydrogen-bond donors (Lipinski definition) is 1. The molecule has 0 aliphatic carbocycles. The van der Waals surface area contributed by atoms with E-state index in [4.69, 9.17) is 0 Å². The Kier molecular flexibility index (Phi) is 4.08. The zero-order chi connectivity index (χ0) is 14.7. The van der Waals surface area contributed by atoms with Crippen LogP contribution in [0.15, 0.2) is 41.4 Å². The van der Waals surface area contributed by atoms with Crippen LogP contribution >= 0.6 is 22.7 Å². The zero-order valence-electron chi connectivity index (χ0n) is 11.4. The summed E-state index contributed by atoms with van der Waals surface area (Å²) in [6.45, 7) is 2.35. The third-order valence-electron chi connectivity index (χ3n) is 2.90. The van der Waals surface area contributed by atoms with Crippen LogP contribution < -0.4 is 5.32 Å². The number of nitrogens with one attached hydrogen (secondary N) is 1. The van der Waals surface area contributed by atoms with Crippen molar-refractivity contribution in [3.8, 4) is 10.6 Å². The highest BCUT2D eigenvalue weighted by molar-refractivity contribution is 7.13. The molecular formula is C15H13N3OS2. The lowest BCUT2D eigenvalue weighted by Crippen LogP contribution is -2.23. The van der Waals surface area contributed by atoms with E-state index >= 15 is 0 Å². The monoisotopic (exact) mass is 315 g/mol. The highest BCUT2D eigenvalue weighted by Crippen LogP contribution is 2.24. The van der Waals surface area contributed by atoms with Crippen LogP contribution in [0.1, 0.15) is 20.9 Å². The van der Waals surface area contributed by atoms with E-state index < -0.39 is 0 Å². The molecule has 0 aliphatic heterocycles. The highest BCUT2D eigenvalue weighted by Gasteiger charge is 2.12. The van der Waals surface area contributed by atoms with Crippen molar-refractivity contribution in [3.63, 3.8) is 0 Å². The maximum absolute atomic E-state index is 12.1. The Morgan fingerprint density at radius 1 is 1.29 bits per heavy atom. The fourth-order valence-electron chi connectivity index (χ4n) is 1.92. The summed E-state index contributed by atoms with van der Waals surface area (Å²) < 4.78 is 0. The van der Waals surface area contributed by atoms with Crippen LogP contribution in [0.4, 0.5) is 0 Å². The molecule has 0 aromatic carbocycles. The Balaban J connectivity index is 1.75. The van der Waals surface area contributed by atoms with E-state index in [1.165, 1.54) is 11.3 Å². The molecule has 0 saturated carbocycles. The first-order chi connectivity index (χ1) is 10.2. The number of carbonyl (C=O) groups excluding carboxylic acids is 1. The van der Waals surface area contributed by atoms with Gasteiger partial charge >= 0.3 is 0 Å². The van der Waals surface area contributed by atoms with Crippen LogP contribution in [0, 0.1) is 6.92 Å². The van der Waals surface area contributed by atoms with Crippen molar-refractivity contribution in [1.29, 1.82) is 0 Å². The molecule has 0 saturated heterocycles. The molecule has 0 atom stereocenters. The first kappa shape index (κ1) is 13.9. The average molecular weight is 315 g/mol. The SMILES string of the molecule is Cc1csc(C(=O)NCc2nccnc2-c2cccs2)c1. The fourth-order valence-corrected chi connectivity index (χ4v) is 3.47. The lowest BCUT2D eigenvalue weighted by atomic mass is 10.2. The van der Waals surface area contributed by atoms with Crippen molar-refractivity contribution >= 4 is 28.6 Å². The molecule has 3 aromatic rings. The van der Waals surface area contributed by atoms with E-state index in [1.54, 1.807) is 23.7 Å². The molecule has 3 aromatic heterocycles. The van der Waals surface area contributed by atoms with Gasteiger partial charge in [0.2, 0.25) is 0 Å². The van der Waals surface area contributed by atoms with Gasteiger partial charge in [0.05, 0.1) is 22.0 Å². The summed E-state index contributed by atoms with van der Waals surface area (Å²) in [5.74, 6) is -0.0733. The van der Waals surface area contributed by atoms with Gasteiger partial charge in [0.1, 0.15) is 5.69 Å². The second-order valence-corrected chi connectivity index (χ2v) is 6.36. The zero-order valence-corrected chi connectivity index (χ0v) is 13.0. The van der Waals surface area contributed by atoms with Gasteiger partial charge in [-0.25, -0.2) is 0 Å². The Morgan fingerprint density at radius 3 is 2.86 bits per heavy atom. The second kappa shape index (κ2) is 6.15. The first-order valence-electron chi connectivity index (χ1n) is 6.41. The van der Waals surface area contributed by atoms with Gasteiger partial charge < -0.3 is 5.32 Å².